The minimum absolute atomic E-state index is 0.0563. The SMILES string of the molecule is O=C(Nc1ccccc1F)N[C@@H]1CC[C@@H](CCNS(=O)(=O)c2ccccc2)O[C@@H]1CO. The van der Waals surface area contributed by atoms with Crippen LogP contribution in [0.25, 0.3) is 0 Å². The van der Waals surface area contributed by atoms with Gasteiger partial charge in [0.05, 0.1) is 29.3 Å². The first kappa shape index (κ1) is 23.1. The van der Waals surface area contributed by atoms with Crippen molar-refractivity contribution in [1.29, 1.82) is 0 Å². The second-order valence-corrected chi connectivity index (χ2v) is 9.01. The Morgan fingerprint density at radius 2 is 1.81 bits per heavy atom. The predicted octanol–water partition coefficient (Wildman–Crippen LogP) is 2.22. The zero-order chi connectivity index (χ0) is 22.3. The van der Waals surface area contributed by atoms with Crippen LogP contribution in [0.2, 0.25) is 0 Å². The van der Waals surface area contributed by atoms with E-state index in [1.165, 1.54) is 30.3 Å². The number of aliphatic hydroxyl groups excluding tert-OH is 1. The lowest BCUT2D eigenvalue weighted by molar-refractivity contribution is -0.0884. The Balaban J connectivity index is 1.47. The molecule has 31 heavy (non-hydrogen) atoms. The Bertz CT molecular complexity index is 974. The van der Waals surface area contributed by atoms with Crippen LogP contribution in [-0.4, -0.2) is 51.0 Å². The maximum absolute atomic E-state index is 13.7. The second kappa shape index (κ2) is 10.7. The topological polar surface area (TPSA) is 117 Å². The summed E-state index contributed by atoms with van der Waals surface area (Å²) in [6, 6.07) is 12.9. The lowest BCUT2D eigenvalue weighted by Gasteiger charge is -2.36. The zero-order valence-corrected chi connectivity index (χ0v) is 17.6. The van der Waals surface area contributed by atoms with Crippen molar-refractivity contribution in [2.24, 2.45) is 0 Å². The molecule has 8 nitrogen and oxygen atoms in total. The minimum Gasteiger partial charge on any atom is -0.394 e. The Hall–Kier alpha value is -2.53. The largest absolute Gasteiger partial charge is 0.394 e. The predicted molar refractivity (Wildman–Crippen MR) is 114 cm³/mol. The number of nitrogens with one attached hydrogen (secondary N) is 3. The van der Waals surface area contributed by atoms with E-state index >= 15 is 0 Å². The number of para-hydroxylation sites is 1. The first-order chi connectivity index (χ1) is 14.9. The van der Waals surface area contributed by atoms with Gasteiger partial charge in [0.25, 0.3) is 0 Å². The second-order valence-electron chi connectivity index (χ2n) is 7.24. The highest BCUT2D eigenvalue weighted by molar-refractivity contribution is 7.89. The zero-order valence-electron chi connectivity index (χ0n) is 16.8. The summed E-state index contributed by atoms with van der Waals surface area (Å²) in [6.07, 6.45) is 0.635. The molecule has 168 valence electrons. The van der Waals surface area contributed by atoms with Crippen LogP contribution in [0.1, 0.15) is 19.3 Å². The van der Waals surface area contributed by atoms with E-state index in [1.807, 2.05) is 0 Å². The number of carbonyl (C=O) groups is 1. The van der Waals surface area contributed by atoms with Crippen molar-refractivity contribution in [3.8, 4) is 0 Å². The Labute approximate surface area is 180 Å². The summed E-state index contributed by atoms with van der Waals surface area (Å²) in [5.41, 5.74) is 0.0563. The molecule has 3 atom stereocenters. The molecule has 1 aliphatic rings. The number of ether oxygens (including phenoxy) is 1. The summed E-state index contributed by atoms with van der Waals surface area (Å²) in [5, 5.41) is 14.8. The quantitative estimate of drug-likeness (QED) is 0.491. The van der Waals surface area contributed by atoms with Crippen molar-refractivity contribution < 1.29 is 27.4 Å². The standard InChI is InChI=1S/C21H26FN3O5S/c22-17-8-4-5-9-18(17)24-21(27)25-19-11-10-15(30-20(19)14-26)12-13-23-31(28,29)16-6-2-1-3-7-16/h1-9,15,19-20,23,26H,10-14H2,(H2,24,25,27)/t15-,19+,20+/m0/s1. The van der Waals surface area contributed by atoms with Gasteiger partial charge in [-0.25, -0.2) is 22.3 Å². The first-order valence-corrected chi connectivity index (χ1v) is 11.5. The molecule has 1 aliphatic heterocycles. The highest BCUT2D eigenvalue weighted by Crippen LogP contribution is 2.22. The molecule has 1 saturated heterocycles. The molecule has 2 aromatic carbocycles. The van der Waals surface area contributed by atoms with Gasteiger partial charge >= 0.3 is 6.03 Å². The van der Waals surface area contributed by atoms with Gasteiger partial charge in [-0.1, -0.05) is 30.3 Å². The number of rotatable bonds is 8. The molecule has 0 spiro atoms. The van der Waals surface area contributed by atoms with E-state index < -0.39 is 34.0 Å². The normalized spacial score (nSPS) is 21.4. The minimum atomic E-state index is -3.59. The molecule has 0 aromatic heterocycles. The van der Waals surface area contributed by atoms with E-state index in [2.05, 4.69) is 15.4 Å². The van der Waals surface area contributed by atoms with Crippen molar-refractivity contribution in [2.45, 2.75) is 42.4 Å². The van der Waals surface area contributed by atoms with Crippen LogP contribution in [0, 0.1) is 5.82 Å². The van der Waals surface area contributed by atoms with Gasteiger partial charge in [0, 0.05) is 6.54 Å². The van der Waals surface area contributed by atoms with Crippen molar-refractivity contribution >= 4 is 21.7 Å². The summed E-state index contributed by atoms with van der Waals surface area (Å²) in [6.45, 7) is -0.122. The number of hydrogen-bond donors (Lipinski definition) is 4. The monoisotopic (exact) mass is 451 g/mol. The Kier molecular flexibility index (Phi) is 7.97. The van der Waals surface area contributed by atoms with Gasteiger partial charge in [-0.2, -0.15) is 0 Å². The molecule has 0 aliphatic carbocycles. The average molecular weight is 452 g/mol. The molecule has 0 saturated carbocycles. The van der Waals surface area contributed by atoms with E-state index in [-0.39, 0.29) is 29.8 Å². The molecule has 0 radical (unpaired) electrons. The van der Waals surface area contributed by atoms with Crippen molar-refractivity contribution in [1.82, 2.24) is 10.0 Å². The molecule has 4 N–H and O–H groups in total. The molecule has 10 heteroatoms. The summed E-state index contributed by atoms with van der Waals surface area (Å²) in [4.78, 5) is 12.4. The summed E-state index contributed by atoms with van der Waals surface area (Å²) >= 11 is 0. The first-order valence-electron chi connectivity index (χ1n) is 10.0. The van der Waals surface area contributed by atoms with E-state index in [1.54, 1.807) is 24.3 Å². The molecule has 2 amide bonds. The number of carbonyl (C=O) groups excluding carboxylic acids is 1. The van der Waals surface area contributed by atoms with Crippen LogP contribution in [0.3, 0.4) is 0 Å². The summed E-state index contributed by atoms with van der Waals surface area (Å²) < 4.78 is 46.6. The number of sulfonamides is 1. The van der Waals surface area contributed by atoms with E-state index in [0.29, 0.717) is 19.3 Å². The van der Waals surface area contributed by atoms with Crippen LogP contribution in [0.5, 0.6) is 0 Å². The lowest BCUT2D eigenvalue weighted by Crippen LogP contribution is -2.52. The van der Waals surface area contributed by atoms with Crippen molar-refractivity contribution in [3.63, 3.8) is 0 Å². The van der Waals surface area contributed by atoms with Crippen LogP contribution in [-0.2, 0) is 14.8 Å². The van der Waals surface area contributed by atoms with E-state index in [9.17, 15) is 22.7 Å². The molecule has 0 unspecified atom stereocenters. The third-order valence-corrected chi connectivity index (χ3v) is 6.52. The number of aliphatic hydroxyl groups is 1. The third kappa shape index (κ3) is 6.47. The Morgan fingerprint density at radius 1 is 1.10 bits per heavy atom. The number of halogens is 1. The summed E-state index contributed by atoms with van der Waals surface area (Å²) in [7, 11) is -3.59. The molecule has 2 aromatic rings. The summed E-state index contributed by atoms with van der Waals surface area (Å²) in [5.74, 6) is -0.547. The molecule has 3 rings (SSSR count). The van der Waals surface area contributed by atoms with Gasteiger partial charge in [-0.15, -0.1) is 0 Å². The number of amides is 2. The van der Waals surface area contributed by atoms with Crippen LogP contribution in [0.15, 0.2) is 59.5 Å². The van der Waals surface area contributed by atoms with Crippen LogP contribution < -0.4 is 15.4 Å². The molecule has 1 fully saturated rings. The van der Waals surface area contributed by atoms with Gasteiger partial charge in [0.2, 0.25) is 10.0 Å². The fourth-order valence-corrected chi connectivity index (χ4v) is 4.50. The van der Waals surface area contributed by atoms with E-state index in [4.69, 9.17) is 4.74 Å². The average Bonchev–Trinajstić information content (AvgIpc) is 2.77. The molecular formula is C21H26FN3O5S. The van der Waals surface area contributed by atoms with Crippen molar-refractivity contribution in [3.05, 3.63) is 60.4 Å². The highest BCUT2D eigenvalue weighted by Gasteiger charge is 2.32. The van der Waals surface area contributed by atoms with Gasteiger partial charge in [-0.3, -0.25) is 0 Å². The van der Waals surface area contributed by atoms with Crippen LogP contribution in [0.4, 0.5) is 14.9 Å². The molecule has 0 bridgehead atoms. The number of hydrogen-bond acceptors (Lipinski definition) is 5. The fraction of sp³-hybridized carbons (Fsp3) is 0.381. The van der Waals surface area contributed by atoms with E-state index in [0.717, 1.165) is 0 Å². The molecular weight excluding hydrogens is 425 g/mol. The number of anilines is 1. The van der Waals surface area contributed by atoms with Gasteiger partial charge in [0.15, 0.2) is 0 Å². The third-order valence-electron chi connectivity index (χ3n) is 5.05. The van der Waals surface area contributed by atoms with Crippen LogP contribution >= 0.6 is 0 Å². The van der Waals surface area contributed by atoms with Crippen molar-refractivity contribution in [2.75, 3.05) is 18.5 Å². The Morgan fingerprint density at radius 3 is 2.52 bits per heavy atom. The van der Waals surface area contributed by atoms with Gasteiger partial charge < -0.3 is 20.5 Å². The maximum atomic E-state index is 13.7. The molecule has 1 heterocycles. The number of urea groups is 1. The fourth-order valence-electron chi connectivity index (χ4n) is 3.44. The highest BCUT2D eigenvalue weighted by atomic mass is 32.2. The van der Waals surface area contributed by atoms with Gasteiger partial charge in [-0.05, 0) is 43.5 Å². The van der Waals surface area contributed by atoms with Gasteiger partial charge in [0.1, 0.15) is 11.9 Å². The number of benzene rings is 2. The smallest absolute Gasteiger partial charge is 0.319 e. The lowest BCUT2D eigenvalue weighted by atomic mass is 9.97. The maximum Gasteiger partial charge on any atom is 0.319 e.